The van der Waals surface area contributed by atoms with Crippen molar-refractivity contribution in [3.05, 3.63) is 29.8 Å². The van der Waals surface area contributed by atoms with Crippen LogP contribution in [0, 0.1) is 5.41 Å². The zero-order chi connectivity index (χ0) is 15.1. The summed E-state index contributed by atoms with van der Waals surface area (Å²) >= 11 is 0. The van der Waals surface area contributed by atoms with Gasteiger partial charge in [0.05, 0.1) is 19.1 Å². The molecule has 1 heterocycles. The Morgan fingerprint density at radius 1 is 1.33 bits per heavy atom. The molecule has 0 bridgehead atoms. The number of hydrogen-bond acceptors (Lipinski definition) is 4. The molecule has 2 rings (SSSR count). The molecule has 0 aromatic heterocycles. The van der Waals surface area contributed by atoms with Gasteiger partial charge >= 0.3 is 0 Å². The van der Waals surface area contributed by atoms with E-state index in [1.54, 1.807) is 14.2 Å². The number of carbonyl (C=O) groups excluding carboxylic acids is 1. The first-order valence-corrected chi connectivity index (χ1v) is 7.31. The first-order chi connectivity index (χ1) is 10.2. The molecule has 5 heteroatoms. The van der Waals surface area contributed by atoms with Crippen LogP contribution in [0.25, 0.3) is 0 Å². The summed E-state index contributed by atoms with van der Waals surface area (Å²) in [6.45, 7) is 2.69. The molecule has 1 saturated heterocycles. The van der Waals surface area contributed by atoms with Crippen LogP contribution in [0.5, 0.6) is 5.75 Å². The van der Waals surface area contributed by atoms with Gasteiger partial charge in [-0.05, 0) is 43.6 Å². The standard InChI is InChI=1S/C16H24N2O3/c1-20-12-16(6-8-17-9-7-16)15(19)18-11-13-4-3-5-14(10-13)21-2/h3-5,10,17H,6-9,11-12H2,1-2H3,(H,18,19). The highest BCUT2D eigenvalue weighted by molar-refractivity contribution is 5.83. The molecule has 1 aliphatic rings. The van der Waals surface area contributed by atoms with Crippen LogP contribution in [0.2, 0.25) is 0 Å². The molecular formula is C16H24N2O3. The average Bonchev–Trinajstić information content (AvgIpc) is 2.54. The maximum Gasteiger partial charge on any atom is 0.228 e. The number of rotatable bonds is 6. The van der Waals surface area contributed by atoms with Gasteiger partial charge in [-0.1, -0.05) is 12.1 Å². The number of ether oxygens (including phenoxy) is 2. The average molecular weight is 292 g/mol. The number of methoxy groups -OCH3 is 2. The Bertz CT molecular complexity index is 465. The lowest BCUT2D eigenvalue weighted by Gasteiger charge is -2.35. The molecule has 0 unspecified atom stereocenters. The fourth-order valence-corrected chi connectivity index (χ4v) is 2.77. The highest BCUT2D eigenvalue weighted by Gasteiger charge is 2.39. The fourth-order valence-electron chi connectivity index (χ4n) is 2.77. The summed E-state index contributed by atoms with van der Waals surface area (Å²) in [7, 11) is 3.29. The van der Waals surface area contributed by atoms with Gasteiger partial charge in [0, 0.05) is 13.7 Å². The molecule has 0 radical (unpaired) electrons. The van der Waals surface area contributed by atoms with Gasteiger partial charge in [-0.3, -0.25) is 4.79 Å². The SMILES string of the molecule is COCC1(C(=O)NCc2cccc(OC)c2)CCNCC1. The second kappa shape index (κ2) is 7.43. The summed E-state index contributed by atoms with van der Waals surface area (Å²) in [5, 5.41) is 6.33. The molecule has 2 N–H and O–H groups in total. The van der Waals surface area contributed by atoms with Crippen LogP contribution >= 0.6 is 0 Å². The van der Waals surface area contributed by atoms with Crippen LogP contribution in [0.3, 0.4) is 0 Å². The minimum absolute atomic E-state index is 0.0775. The van der Waals surface area contributed by atoms with Gasteiger partial charge < -0.3 is 20.1 Å². The number of nitrogens with one attached hydrogen (secondary N) is 2. The van der Waals surface area contributed by atoms with Gasteiger partial charge in [-0.25, -0.2) is 0 Å². The maximum absolute atomic E-state index is 12.6. The highest BCUT2D eigenvalue weighted by Crippen LogP contribution is 2.29. The van der Waals surface area contributed by atoms with E-state index in [9.17, 15) is 4.79 Å². The smallest absolute Gasteiger partial charge is 0.228 e. The van der Waals surface area contributed by atoms with Crippen LogP contribution in [0.15, 0.2) is 24.3 Å². The Hall–Kier alpha value is -1.59. The molecule has 116 valence electrons. The normalized spacial score (nSPS) is 17.2. The summed E-state index contributed by atoms with van der Waals surface area (Å²) in [6.07, 6.45) is 1.62. The molecule has 1 fully saturated rings. The monoisotopic (exact) mass is 292 g/mol. The van der Waals surface area contributed by atoms with E-state index in [0.29, 0.717) is 13.2 Å². The molecule has 0 atom stereocenters. The van der Waals surface area contributed by atoms with E-state index < -0.39 is 5.41 Å². The second-order valence-corrected chi connectivity index (χ2v) is 5.50. The topological polar surface area (TPSA) is 59.6 Å². The van der Waals surface area contributed by atoms with Crippen LogP contribution in [0.1, 0.15) is 18.4 Å². The van der Waals surface area contributed by atoms with Crippen molar-refractivity contribution < 1.29 is 14.3 Å². The number of hydrogen-bond donors (Lipinski definition) is 2. The Balaban J connectivity index is 1.98. The van der Waals surface area contributed by atoms with Crippen LogP contribution in [-0.2, 0) is 16.1 Å². The molecular weight excluding hydrogens is 268 g/mol. The van der Waals surface area contributed by atoms with E-state index in [-0.39, 0.29) is 5.91 Å². The summed E-state index contributed by atoms with van der Waals surface area (Å²) in [6, 6.07) is 7.74. The van der Waals surface area contributed by atoms with E-state index >= 15 is 0 Å². The van der Waals surface area contributed by atoms with Gasteiger partial charge in [0.25, 0.3) is 0 Å². The van der Waals surface area contributed by atoms with Crippen LogP contribution < -0.4 is 15.4 Å². The van der Waals surface area contributed by atoms with Crippen molar-refractivity contribution in [2.24, 2.45) is 5.41 Å². The van der Waals surface area contributed by atoms with Crippen molar-refractivity contribution in [1.82, 2.24) is 10.6 Å². The van der Waals surface area contributed by atoms with Gasteiger partial charge in [0.15, 0.2) is 0 Å². The second-order valence-electron chi connectivity index (χ2n) is 5.50. The van der Waals surface area contributed by atoms with Gasteiger partial charge in [0.1, 0.15) is 5.75 Å². The van der Waals surface area contributed by atoms with E-state index in [4.69, 9.17) is 9.47 Å². The molecule has 1 aliphatic heterocycles. The lowest BCUT2D eigenvalue weighted by Crippen LogP contribution is -2.49. The quantitative estimate of drug-likeness (QED) is 0.830. The fraction of sp³-hybridized carbons (Fsp3) is 0.562. The Kier molecular flexibility index (Phi) is 5.59. The molecule has 1 aromatic carbocycles. The highest BCUT2D eigenvalue weighted by atomic mass is 16.5. The lowest BCUT2D eigenvalue weighted by atomic mass is 9.78. The van der Waals surface area contributed by atoms with Crippen molar-refractivity contribution in [3.8, 4) is 5.75 Å². The summed E-state index contributed by atoms with van der Waals surface area (Å²) < 4.78 is 10.5. The van der Waals surface area contributed by atoms with Gasteiger partial charge in [-0.15, -0.1) is 0 Å². The third-order valence-electron chi connectivity index (χ3n) is 4.05. The zero-order valence-corrected chi connectivity index (χ0v) is 12.8. The molecule has 0 saturated carbocycles. The van der Waals surface area contributed by atoms with Gasteiger partial charge in [0.2, 0.25) is 5.91 Å². The number of piperidine rings is 1. The van der Waals surface area contributed by atoms with E-state index in [2.05, 4.69) is 10.6 Å². The van der Waals surface area contributed by atoms with Crippen molar-refractivity contribution in [1.29, 1.82) is 0 Å². The van der Waals surface area contributed by atoms with E-state index in [1.165, 1.54) is 0 Å². The largest absolute Gasteiger partial charge is 0.497 e. The maximum atomic E-state index is 12.6. The molecule has 1 amide bonds. The van der Waals surface area contributed by atoms with Crippen molar-refractivity contribution in [3.63, 3.8) is 0 Å². The zero-order valence-electron chi connectivity index (χ0n) is 12.8. The molecule has 1 aromatic rings. The summed E-state index contributed by atoms with van der Waals surface area (Å²) in [5.74, 6) is 0.879. The van der Waals surface area contributed by atoms with E-state index in [0.717, 1.165) is 37.2 Å². The van der Waals surface area contributed by atoms with Crippen LogP contribution in [0.4, 0.5) is 0 Å². The summed E-state index contributed by atoms with van der Waals surface area (Å²) in [4.78, 5) is 12.6. The Morgan fingerprint density at radius 2 is 2.10 bits per heavy atom. The summed E-state index contributed by atoms with van der Waals surface area (Å²) in [5.41, 5.74) is 0.628. The van der Waals surface area contributed by atoms with E-state index in [1.807, 2.05) is 24.3 Å². The van der Waals surface area contributed by atoms with Crippen molar-refractivity contribution >= 4 is 5.91 Å². The van der Waals surface area contributed by atoms with Crippen molar-refractivity contribution in [2.45, 2.75) is 19.4 Å². The molecule has 0 spiro atoms. The molecule has 5 nitrogen and oxygen atoms in total. The molecule has 0 aliphatic carbocycles. The Labute approximate surface area is 126 Å². The Morgan fingerprint density at radius 3 is 2.76 bits per heavy atom. The number of carbonyl (C=O) groups is 1. The van der Waals surface area contributed by atoms with Gasteiger partial charge in [-0.2, -0.15) is 0 Å². The third-order valence-corrected chi connectivity index (χ3v) is 4.05. The van der Waals surface area contributed by atoms with Crippen molar-refractivity contribution in [2.75, 3.05) is 33.9 Å². The number of benzene rings is 1. The number of amides is 1. The predicted octanol–water partition coefficient (Wildman–Crippen LogP) is 1.33. The minimum atomic E-state index is -0.404. The third kappa shape index (κ3) is 3.95. The van der Waals surface area contributed by atoms with Crippen LogP contribution in [-0.4, -0.2) is 39.8 Å². The first kappa shape index (κ1) is 15.8. The molecule has 21 heavy (non-hydrogen) atoms. The lowest BCUT2D eigenvalue weighted by molar-refractivity contribution is -0.136. The first-order valence-electron chi connectivity index (χ1n) is 7.31. The predicted molar refractivity (Wildman–Crippen MR) is 81.3 cm³/mol. The minimum Gasteiger partial charge on any atom is -0.497 e.